The van der Waals surface area contributed by atoms with Crippen molar-refractivity contribution in [1.82, 2.24) is 5.32 Å². The van der Waals surface area contributed by atoms with E-state index in [9.17, 15) is 0 Å². The predicted octanol–water partition coefficient (Wildman–Crippen LogP) is 2.69. The van der Waals surface area contributed by atoms with E-state index in [0.717, 1.165) is 11.8 Å². The number of hydrogen-bond donors (Lipinski definition) is 1. The molecule has 0 heterocycles. The van der Waals surface area contributed by atoms with Gasteiger partial charge in [0.25, 0.3) is 0 Å². The van der Waals surface area contributed by atoms with Crippen LogP contribution in [0.4, 0.5) is 0 Å². The molecule has 1 unspecified atom stereocenters. The molecule has 3 rings (SSSR count). The number of rotatable bonds is 3. The number of benzene rings is 1. The number of hydrogen-bond acceptors (Lipinski definition) is 2. The highest BCUT2D eigenvalue weighted by Gasteiger charge is 2.24. The van der Waals surface area contributed by atoms with Crippen molar-refractivity contribution in [3.05, 3.63) is 29.3 Å². The van der Waals surface area contributed by atoms with E-state index in [4.69, 9.17) is 4.74 Å². The highest BCUT2D eigenvalue weighted by molar-refractivity contribution is 5.37. The van der Waals surface area contributed by atoms with E-state index in [2.05, 4.69) is 23.5 Å². The Morgan fingerprint density at radius 3 is 2.71 bits per heavy atom. The maximum atomic E-state index is 5.31. The highest BCUT2D eigenvalue weighted by Crippen LogP contribution is 2.27. The first-order valence-electron chi connectivity index (χ1n) is 6.77. The molecule has 0 aliphatic heterocycles. The van der Waals surface area contributed by atoms with Gasteiger partial charge in [-0.2, -0.15) is 0 Å². The molecule has 1 fully saturated rings. The molecule has 2 nitrogen and oxygen atoms in total. The second kappa shape index (κ2) is 4.69. The number of nitrogens with one attached hydrogen (secondary N) is 1. The normalized spacial score (nSPS) is 23.9. The Labute approximate surface area is 103 Å². The van der Waals surface area contributed by atoms with Gasteiger partial charge in [-0.1, -0.05) is 12.5 Å². The highest BCUT2D eigenvalue weighted by atomic mass is 16.5. The molecule has 1 aromatic carbocycles. The fraction of sp³-hybridized carbons (Fsp3) is 0.600. The van der Waals surface area contributed by atoms with Crippen LogP contribution in [0.5, 0.6) is 5.75 Å². The van der Waals surface area contributed by atoms with Crippen LogP contribution in [0.2, 0.25) is 0 Å². The second-order valence-corrected chi connectivity index (χ2v) is 5.37. The van der Waals surface area contributed by atoms with Gasteiger partial charge in [-0.15, -0.1) is 0 Å². The third kappa shape index (κ3) is 2.32. The van der Waals surface area contributed by atoms with E-state index >= 15 is 0 Å². The molecule has 1 N–H and O–H groups in total. The van der Waals surface area contributed by atoms with Gasteiger partial charge in [0.2, 0.25) is 0 Å². The van der Waals surface area contributed by atoms with E-state index in [0.29, 0.717) is 6.04 Å². The van der Waals surface area contributed by atoms with Crippen LogP contribution in [0, 0.1) is 0 Å². The standard InChI is InChI=1S/C15H21NO/c1-17-15-8-6-11-5-7-14(9-12(11)10-15)16-13-3-2-4-13/h6,8,10,13-14,16H,2-5,7,9H2,1H3. The summed E-state index contributed by atoms with van der Waals surface area (Å²) >= 11 is 0. The van der Waals surface area contributed by atoms with Crippen LogP contribution in [0.3, 0.4) is 0 Å². The third-order valence-electron chi connectivity index (χ3n) is 4.22. The van der Waals surface area contributed by atoms with E-state index in [1.54, 1.807) is 7.11 Å². The first-order valence-corrected chi connectivity index (χ1v) is 6.77. The zero-order valence-electron chi connectivity index (χ0n) is 10.5. The summed E-state index contributed by atoms with van der Waals surface area (Å²) in [4.78, 5) is 0. The molecule has 17 heavy (non-hydrogen) atoms. The molecule has 2 aliphatic carbocycles. The van der Waals surface area contributed by atoms with Gasteiger partial charge in [0.05, 0.1) is 7.11 Å². The molecular formula is C15H21NO. The lowest BCUT2D eigenvalue weighted by molar-refractivity contribution is 0.290. The van der Waals surface area contributed by atoms with Crippen LogP contribution < -0.4 is 10.1 Å². The maximum absolute atomic E-state index is 5.31. The van der Waals surface area contributed by atoms with Crippen molar-refractivity contribution in [3.8, 4) is 5.75 Å². The lowest BCUT2D eigenvalue weighted by Gasteiger charge is -2.34. The summed E-state index contributed by atoms with van der Waals surface area (Å²) in [6.45, 7) is 0. The van der Waals surface area contributed by atoms with Crippen molar-refractivity contribution in [3.63, 3.8) is 0 Å². The van der Waals surface area contributed by atoms with Crippen molar-refractivity contribution >= 4 is 0 Å². The Kier molecular flexibility index (Phi) is 3.06. The molecule has 92 valence electrons. The Morgan fingerprint density at radius 1 is 1.12 bits per heavy atom. The largest absolute Gasteiger partial charge is 0.497 e. The lowest BCUT2D eigenvalue weighted by atomic mass is 9.85. The van der Waals surface area contributed by atoms with Gasteiger partial charge < -0.3 is 10.1 Å². The van der Waals surface area contributed by atoms with Crippen molar-refractivity contribution in [2.24, 2.45) is 0 Å². The fourth-order valence-corrected chi connectivity index (χ4v) is 2.91. The van der Waals surface area contributed by atoms with Gasteiger partial charge in [-0.05, 0) is 55.4 Å². The second-order valence-electron chi connectivity index (χ2n) is 5.37. The van der Waals surface area contributed by atoms with Crippen LogP contribution in [0.25, 0.3) is 0 Å². The van der Waals surface area contributed by atoms with Crippen LogP contribution >= 0.6 is 0 Å². The van der Waals surface area contributed by atoms with Gasteiger partial charge in [0, 0.05) is 12.1 Å². The molecule has 1 aromatic rings. The number of aryl methyl sites for hydroxylation is 1. The van der Waals surface area contributed by atoms with Gasteiger partial charge in [0.1, 0.15) is 5.75 Å². The quantitative estimate of drug-likeness (QED) is 0.863. The molecule has 2 heteroatoms. The van der Waals surface area contributed by atoms with Crippen molar-refractivity contribution < 1.29 is 4.74 Å². The third-order valence-corrected chi connectivity index (χ3v) is 4.22. The molecule has 0 saturated heterocycles. The van der Waals surface area contributed by atoms with Gasteiger partial charge in [-0.3, -0.25) is 0 Å². The molecule has 0 amide bonds. The predicted molar refractivity (Wildman–Crippen MR) is 69.6 cm³/mol. The van der Waals surface area contributed by atoms with E-state index in [1.807, 2.05) is 0 Å². The van der Waals surface area contributed by atoms with Gasteiger partial charge in [-0.25, -0.2) is 0 Å². The van der Waals surface area contributed by atoms with Crippen LogP contribution in [-0.2, 0) is 12.8 Å². The molecular weight excluding hydrogens is 210 g/mol. The number of ether oxygens (including phenoxy) is 1. The Bertz CT molecular complexity index is 398. The van der Waals surface area contributed by atoms with E-state index in [-0.39, 0.29) is 0 Å². The molecule has 1 atom stereocenters. The summed E-state index contributed by atoms with van der Waals surface area (Å²) in [5.74, 6) is 0.994. The van der Waals surface area contributed by atoms with Crippen LogP contribution in [0.15, 0.2) is 18.2 Å². The average molecular weight is 231 g/mol. The zero-order chi connectivity index (χ0) is 11.7. The summed E-state index contributed by atoms with van der Waals surface area (Å²) in [6.07, 6.45) is 7.83. The van der Waals surface area contributed by atoms with E-state index in [1.165, 1.54) is 49.7 Å². The lowest BCUT2D eigenvalue weighted by Crippen LogP contribution is -2.44. The minimum absolute atomic E-state index is 0.680. The average Bonchev–Trinajstić information content (AvgIpc) is 2.33. The number of methoxy groups -OCH3 is 1. The van der Waals surface area contributed by atoms with Crippen LogP contribution in [0.1, 0.15) is 36.8 Å². The van der Waals surface area contributed by atoms with Crippen molar-refractivity contribution in [2.45, 2.75) is 50.6 Å². The molecule has 2 aliphatic rings. The SMILES string of the molecule is COc1ccc2c(c1)CC(NC1CCC1)CC2. The Hall–Kier alpha value is -1.02. The summed E-state index contributed by atoms with van der Waals surface area (Å²) in [5.41, 5.74) is 2.99. The van der Waals surface area contributed by atoms with Gasteiger partial charge >= 0.3 is 0 Å². The number of fused-ring (bicyclic) bond motifs is 1. The molecule has 0 radical (unpaired) electrons. The Balaban J connectivity index is 1.69. The topological polar surface area (TPSA) is 21.3 Å². The maximum Gasteiger partial charge on any atom is 0.119 e. The first-order chi connectivity index (χ1) is 8.35. The van der Waals surface area contributed by atoms with Crippen LogP contribution in [-0.4, -0.2) is 19.2 Å². The minimum atomic E-state index is 0.680. The summed E-state index contributed by atoms with van der Waals surface area (Å²) < 4.78 is 5.31. The first kappa shape index (κ1) is 11.1. The molecule has 1 saturated carbocycles. The molecule has 0 bridgehead atoms. The smallest absolute Gasteiger partial charge is 0.119 e. The monoisotopic (exact) mass is 231 g/mol. The van der Waals surface area contributed by atoms with Gasteiger partial charge in [0.15, 0.2) is 0 Å². The Morgan fingerprint density at radius 2 is 2.00 bits per heavy atom. The summed E-state index contributed by atoms with van der Waals surface area (Å²) in [5, 5.41) is 3.79. The molecule has 0 spiro atoms. The van der Waals surface area contributed by atoms with Crippen molar-refractivity contribution in [2.75, 3.05) is 7.11 Å². The summed E-state index contributed by atoms with van der Waals surface area (Å²) in [6, 6.07) is 8.00. The fourth-order valence-electron chi connectivity index (χ4n) is 2.91. The van der Waals surface area contributed by atoms with E-state index < -0.39 is 0 Å². The minimum Gasteiger partial charge on any atom is -0.497 e. The zero-order valence-corrected chi connectivity index (χ0v) is 10.5. The summed E-state index contributed by atoms with van der Waals surface area (Å²) in [7, 11) is 1.74. The molecule has 0 aromatic heterocycles. The van der Waals surface area contributed by atoms with Crippen molar-refractivity contribution in [1.29, 1.82) is 0 Å².